The summed E-state index contributed by atoms with van der Waals surface area (Å²) in [5, 5.41) is 9.45. The number of carbonyl (C=O) groups is 1. The first-order valence-corrected chi connectivity index (χ1v) is 2.62. The Morgan fingerprint density at radius 1 is 1.62 bits per heavy atom. The number of ether oxygens (including phenoxy) is 1. The second-order valence-electron chi connectivity index (χ2n) is 0.952. The second-order valence-corrected chi connectivity index (χ2v) is 2.23. The van der Waals surface area contributed by atoms with E-state index in [9.17, 15) is 9.90 Å². The van der Waals surface area contributed by atoms with Gasteiger partial charge in [0, 0.05) is 0 Å². The first-order chi connectivity index (χ1) is 3.63. The maximum Gasteiger partial charge on any atom is 0.550 e. The number of halogens is 2. The SMILES string of the molecule is [O]C(=O)OCC(Cl)Cl. The molecule has 0 aliphatic carbocycles. The molecule has 0 aromatic heterocycles. The number of hydrogen-bond donors (Lipinski definition) is 0. The fourth-order valence-electron chi connectivity index (χ4n) is 0.131. The molecule has 0 N–H and O–H groups in total. The van der Waals surface area contributed by atoms with Crippen LogP contribution in [0.15, 0.2) is 0 Å². The number of rotatable bonds is 2. The fourth-order valence-corrected chi connectivity index (χ4v) is 0.257. The molecule has 0 aromatic rings. The van der Waals surface area contributed by atoms with Gasteiger partial charge in [0.2, 0.25) is 0 Å². The van der Waals surface area contributed by atoms with E-state index in [0.717, 1.165) is 0 Å². The Morgan fingerprint density at radius 2 is 2.12 bits per heavy atom. The average molecular weight is 158 g/mol. The van der Waals surface area contributed by atoms with Crippen molar-refractivity contribution in [1.29, 1.82) is 0 Å². The molecule has 1 radical (unpaired) electrons. The van der Waals surface area contributed by atoms with Crippen LogP contribution in [0.4, 0.5) is 4.79 Å². The molecule has 5 heteroatoms. The van der Waals surface area contributed by atoms with Crippen LogP contribution in [0.2, 0.25) is 0 Å². The second kappa shape index (κ2) is 3.80. The van der Waals surface area contributed by atoms with Gasteiger partial charge in [-0.1, -0.05) is 0 Å². The van der Waals surface area contributed by atoms with Gasteiger partial charge in [-0.25, -0.2) is 0 Å². The molecule has 0 atom stereocenters. The summed E-state index contributed by atoms with van der Waals surface area (Å²) in [6, 6.07) is 0. The van der Waals surface area contributed by atoms with Crippen LogP contribution in [0.5, 0.6) is 0 Å². The molecular weight excluding hydrogens is 155 g/mol. The highest BCUT2D eigenvalue weighted by Gasteiger charge is 2.03. The monoisotopic (exact) mass is 157 g/mol. The third kappa shape index (κ3) is 5.85. The molecule has 0 aromatic carbocycles. The third-order valence-corrected chi connectivity index (χ3v) is 0.579. The van der Waals surface area contributed by atoms with Crippen molar-refractivity contribution in [3.63, 3.8) is 0 Å². The van der Waals surface area contributed by atoms with E-state index in [4.69, 9.17) is 23.2 Å². The minimum Gasteiger partial charge on any atom is -0.429 e. The molecule has 8 heavy (non-hydrogen) atoms. The smallest absolute Gasteiger partial charge is 0.429 e. The molecule has 0 amide bonds. The van der Waals surface area contributed by atoms with Crippen molar-refractivity contribution in [1.82, 2.24) is 0 Å². The lowest BCUT2D eigenvalue weighted by atomic mass is 10.8. The highest BCUT2D eigenvalue weighted by molar-refractivity contribution is 6.44. The van der Waals surface area contributed by atoms with Gasteiger partial charge in [-0.2, -0.15) is 9.90 Å². The molecular formula is C3H3Cl2O3. The number of hydrogen-bond acceptors (Lipinski definition) is 2. The van der Waals surface area contributed by atoms with E-state index in [1.54, 1.807) is 0 Å². The quantitative estimate of drug-likeness (QED) is 0.449. The van der Waals surface area contributed by atoms with Gasteiger partial charge >= 0.3 is 6.16 Å². The van der Waals surface area contributed by atoms with E-state index in [-0.39, 0.29) is 6.61 Å². The molecule has 0 unspecified atom stereocenters. The summed E-state index contributed by atoms with van der Waals surface area (Å²) in [7, 11) is 0. The van der Waals surface area contributed by atoms with Gasteiger partial charge in [-0.05, 0) is 0 Å². The van der Waals surface area contributed by atoms with Crippen LogP contribution in [-0.2, 0) is 9.84 Å². The maximum absolute atomic E-state index is 9.45. The largest absolute Gasteiger partial charge is 0.550 e. The molecule has 0 spiro atoms. The zero-order chi connectivity index (χ0) is 6.57. The predicted octanol–water partition coefficient (Wildman–Crippen LogP) is 1.36. The van der Waals surface area contributed by atoms with E-state index >= 15 is 0 Å². The number of carbonyl (C=O) groups excluding carboxylic acids is 1. The first kappa shape index (κ1) is 7.85. The van der Waals surface area contributed by atoms with E-state index in [2.05, 4.69) is 4.74 Å². The Morgan fingerprint density at radius 3 is 2.25 bits per heavy atom. The van der Waals surface area contributed by atoms with Gasteiger partial charge in [0.05, 0.1) is 0 Å². The van der Waals surface area contributed by atoms with E-state index < -0.39 is 11.0 Å². The van der Waals surface area contributed by atoms with Crippen molar-refractivity contribution in [2.75, 3.05) is 6.61 Å². The predicted molar refractivity (Wildman–Crippen MR) is 27.5 cm³/mol. The molecule has 0 aliphatic rings. The Labute approximate surface area is 56.1 Å². The Balaban J connectivity index is 3.05. The topological polar surface area (TPSA) is 46.2 Å². The molecule has 0 bridgehead atoms. The molecule has 0 rings (SSSR count). The summed E-state index contributed by atoms with van der Waals surface area (Å²) < 4.78 is 3.84. The van der Waals surface area contributed by atoms with Crippen LogP contribution in [0.3, 0.4) is 0 Å². The van der Waals surface area contributed by atoms with Gasteiger partial charge in [-0.15, -0.1) is 23.2 Å². The normalized spacial score (nSPS) is 9.38. The van der Waals surface area contributed by atoms with Crippen LogP contribution in [0.1, 0.15) is 0 Å². The van der Waals surface area contributed by atoms with E-state index in [0.29, 0.717) is 0 Å². The summed E-state index contributed by atoms with van der Waals surface area (Å²) in [4.78, 5) is 8.64. The average Bonchev–Trinajstić information content (AvgIpc) is 1.61. The molecule has 47 valence electrons. The summed E-state index contributed by atoms with van der Waals surface area (Å²) in [5.41, 5.74) is 0. The van der Waals surface area contributed by atoms with E-state index in [1.165, 1.54) is 0 Å². The molecule has 0 saturated heterocycles. The van der Waals surface area contributed by atoms with Crippen molar-refractivity contribution in [3.05, 3.63) is 0 Å². The number of alkyl halides is 2. The molecule has 0 aliphatic heterocycles. The van der Waals surface area contributed by atoms with Crippen molar-refractivity contribution < 1.29 is 14.6 Å². The standard InChI is InChI=1S/C3H3Cl2O3/c4-2(5)1-8-3(6)7/h2H,1H2. The minimum atomic E-state index is -1.61. The van der Waals surface area contributed by atoms with Crippen LogP contribution in [0, 0.1) is 0 Å². The minimum absolute atomic E-state index is 0.245. The summed E-state index contributed by atoms with van der Waals surface area (Å²) in [6.45, 7) is -0.245. The van der Waals surface area contributed by atoms with Crippen molar-refractivity contribution in [3.8, 4) is 0 Å². The van der Waals surface area contributed by atoms with Gasteiger partial charge in [-0.3, -0.25) is 0 Å². The zero-order valence-electron chi connectivity index (χ0n) is 3.77. The third-order valence-electron chi connectivity index (χ3n) is 0.327. The molecule has 3 nitrogen and oxygen atoms in total. The molecule has 0 saturated carbocycles. The van der Waals surface area contributed by atoms with Gasteiger partial charge in [0.25, 0.3) is 0 Å². The van der Waals surface area contributed by atoms with E-state index in [1.807, 2.05) is 0 Å². The van der Waals surface area contributed by atoms with Crippen LogP contribution >= 0.6 is 23.2 Å². The Bertz CT molecular complexity index is 82.6. The van der Waals surface area contributed by atoms with Crippen molar-refractivity contribution >= 4 is 29.4 Å². The fraction of sp³-hybridized carbons (Fsp3) is 0.667. The summed E-state index contributed by atoms with van der Waals surface area (Å²) >= 11 is 10.1. The Kier molecular flexibility index (Phi) is 3.73. The van der Waals surface area contributed by atoms with Gasteiger partial charge in [0.1, 0.15) is 11.4 Å². The summed E-state index contributed by atoms with van der Waals surface area (Å²) in [5.74, 6) is 0. The van der Waals surface area contributed by atoms with Crippen molar-refractivity contribution in [2.45, 2.75) is 4.84 Å². The highest BCUT2D eigenvalue weighted by Crippen LogP contribution is 2.00. The zero-order valence-corrected chi connectivity index (χ0v) is 5.28. The van der Waals surface area contributed by atoms with Crippen LogP contribution < -0.4 is 0 Å². The highest BCUT2D eigenvalue weighted by atomic mass is 35.5. The van der Waals surface area contributed by atoms with Crippen molar-refractivity contribution in [2.24, 2.45) is 0 Å². The lowest BCUT2D eigenvalue weighted by Crippen LogP contribution is -2.05. The lowest BCUT2D eigenvalue weighted by molar-refractivity contribution is 0.0711. The summed E-state index contributed by atoms with van der Waals surface area (Å²) in [6.07, 6.45) is -1.61. The molecule has 0 fully saturated rings. The van der Waals surface area contributed by atoms with Crippen LogP contribution in [0.25, 0.3) is 0 Å². The van der Waals surface area contributed by atoms with Gasteiger partial charge < -0.3 is 4.74 Å². The van der Waals surface area contributed by atoms with Gasteiger partial charge in [0.15, 0.2) is 0 Å². The lowest BCUT2D eigenvalue weighted by Gasteiger charge is -1.95. The first-order valence-electron chi connectivity index (χ1n) is 1.75. The van der Waals surface area contributed by atoms with Crippen LogP contribution in [-0.4, -0.2) is 17.6 Å². The molecule has 0 heterocycles. The maximum atomic E-state index is 9.45. The Hall–Kier alpha value is -0.150.